The molecule has 3 rings (SSSR count). The minimum atomic E-state index is -0.383. The number of hydrogen-bond acceptors (Lipinski definition) is 3. The van der Waals surface area contributed by atoms with E-state index in [1.807, 2.05) is 25.1 Å². The van der Waals surface area contributed by atoms with Crippen LogP contribution in [-0.4, -0.2) is 43.5 Å². The van der Waals surface area contributed by atoms with Gasteiger partial charge in [-0.25, -0.2) is 4.39 Å². The highest BCUT2D eigenvalue weighted by atomic mass is 19.1. The fourth-order valence-corrected chi connectivity index (χ4v) is 3.81. The molecule has 1 N–H and O–H groups in total. The Bertz CT molecular complexity index is 853. The van der Waals surface area contributed by atoms with Gasteiger partial charge in [-0.1, -0.05) is 29.8 Å². The molecule has 2 amide bonds. The molecule has 154 valence electrons. The molecule has 0 bridgehead atoms. The van der Waals surface area contributed by atoms with Gasteiger partial charge in [0.1, 0.15) is 5.82 Å². The summed E-state index contributed by atoms with van der Waals surface area (Å²) in [4.78, 5) is 27.6. The SMILES string of the molecule is COCCNC(=O)[C@H]1CC[C@@H](c2cccc(C)c2)N(C(=O)c2ccc(F)cc2)C1. The molecule has 0 aliphatic carbocycles. The summed E-state index contributed by atoms with van der Waals surface area (Å²) in [5, 5.41) is 2.87. The Kier molecular flexibility index (Phi) is 6.99. The molecule has 6 heteroatoms. The van der Waals surface area contributed by atoms with Crippen LogP contribution in [0.2, 0.25) is 0 Å². The number of ether oxygens (including phenoxy) is 1. The lowest BCUT2D eigenvalue weighted by Gasteiger charge is -2.39. The van der Waals surface area contributed by atoms with Crippen molar-refractivity contribution in [2.45, 2.75) is 25.8 Å². The first-order valence-electron chi connectivity index (χ1n) is 9.89. The highest BCUT2D eigenvalue weighted by Gasteiger charge is 2.35. The number of aryl methyl sites for hydroxylation is 1. The third kappa shape index (κ3) is 5.21. The van der Waals surface area contributed by atoms with Gasteiger partial charge in [-0.15, -0.1) is 0 Å². The number of benzene rings is 2. The Morgan fingerprint density at radius 2 is 1.93 bits per heavy atom. The Morgan fingerprint density at radius 1 is 1.17 bits per heavy atom. The van der Waals surface area contributed by atoms with Gasteiger partial charge < -0.3 is 15.0 Å². The zero-order valence-electron chi connectivity index (χ0n) is 16.9. The molecule has 1 saturated heterocycles. The molecule has 0 saturated carbocycles. The number of nitrogens with one attached hydrogen (secondary N) is 1. The zero-order valence-corrected chi connectivity index (χ0v) is 16.9. The van der Waals surface area contributed by atoms with Gasteiger partial charge in [0, 0.05) is 25.8 Å². The number of piperidine rings is 1. The smallest absolute Gasteiger partial charge is 0.254 e. The van der Waals surface area contributed by atoms with Crippen molar-refractivity contribution >= 4 is 11.8 Å². The summed E-state index contributed by atoms with van der Waals surface area (Å²) >= 11 is 0. The van der Waals surface area contributed by atoms with Gasteiger partial charge >= 0.3 is 0 Å². The molecule has 0 unspecified atom stereocenters. The van der Waals surface area contributed by atoms with Crippen LogP contribution in [0, 0.1) is 18.7 Å². The van der Waals surface area contributed by atoms with E-state index in [9.17, 15) is 14.0 Å². The number of halogens is 1. The van der Waals surface area contributed by atoms with Crippen LogP contribution in [-0.2, 0) is 9.53 Å². The summed E-state index contributed by atoms with van der Waals surface area (Å²) in [5.41, 5.74) is 2.60. The molecule has 1 heterocycles. The highest BCUT2D eigenvalue weighted by Crippen LogP contribution is 2.35. The summed E-state index contributed by atoms with van der Waals surface area (Å²) in [6, 6.07) is 13.5. The van der Waals surface area contributed by atoms with E-state index in [0.29, 0.717) is 38.1 Å². The van der Waals surface area contributed by atoms with Crippen molar-refractivity contribution in [2.24, 2.45) is 5.92 Å². The lowest BCUT2D eigenvalue weighted by Crippen LogP contribution is -2.47. The second-order valence-corrected chi connectivity index (χ2v) is 7.45. The van der Waals surface area contributed by atoms with Crippen molar-refractivity contribution < 1.29 is 18.7 Å². The van der Waals surface area contributed by atoms with E-state index >= 15 is 0 Å². The fourth-order valence-electron chi connectivity index (χ4n) is 3.81. The summed E-state index contributed by atoms with van der Waals surface area (Å²) in [5.74, 6) is -0.921. The van der Waals surface area contributed by atoms with E-state index in [4.69, 9.17) is 4.74 Å². The number of nitrogens with zero attached hydrogens (tertiary/aromatic N) is 1. The van der Waals surface area contributed by atoms with Crippen LogP contribution in [0.4, 0.5) is 4.39 Å². The first-order valence-corrected chi connectivity index (χ1v) is 9.89. The van der Waals surface area contributed by atoms with Crippen molar-refractivity contribution in [3.05, 3.63) is 71.0 Å². The second kappa shape index (κ2) is 9.65. The predicted octanol–water partition coefficient (Wildman–Crippen LogP) is 3.49. The second-order valence-electron chi connectivity index (χ2n) is 7.45. The number of amides is 2. The normalized spacial score (nSPS) is 19.1. The molecule has 2 aromatic rings. The maximum atomic E-state index is 13.3. The molecular weight excluding hydrogens is 371 g/mol. The van der Waals surface area contributed by atoms with E-state index in [-0.39, 0.29) is 29.6 Å². The van der Waals surface area contributed by atoms with E-state index in [1.54, 1.807) is 12.0 Å². The molecule has 2 atom stereocenters. The summed E-state index contributed by atoms with van der Waals surface area (Å²) in [6.07, 6.45) is 1.39. The molecule has 0 aromatic heterocycles. The number of methoxy groups -OCH3 is 1. The number of carbonyl (C=O) groups excluding carboxylic acids is 2. The van der Waals surface area contributed by atoms with E-state index in [1.165, 1.54) is 24.3 Å². The van der Waals surface area contributed by atoms with Crippen LogP contribution >= 0.6 is 0 Å². The quantitative estimate of drug-likeness (QED) is 0.758. The molecule has 0 radical (unpaired) electrons. The summed E-state index contributed by atoms with van der Waals surface area (Å²) < 4.78 is 18.3. The predicted molar refractivity (Wildman–Crippen MR) is 109 cm³/mol. The average Bonchev–Trinajstić information content (AvgIpc) is 2.73. The van der Waals surface area contributed by atoms with Gasteiger partial charge in [0.2, 0.25) is 5.91 Å². The molecule has 0 spiro atoms. The lowest BCUT2D eigenvalue weighted by molar-refractivity contribution is -0.127. The minimum absolute atomic E-state index is 0.0679. The number of rotatable bonds is 6. The van der Waals surface area contributed by atoms with Gasteiger partial charge in [0.25, 0.3) is 5.91 Å². The number of likely N-dealkylation sites (tertiary alicyclic amines) is 1. The van der Waals surface area contributed by atoms with Crippen LogP contribution in [0.3, 0.4) is 0 Å². The standard InChI is InChI=1S/C23H27FN2O3/c1-16-4-3-5-18(14-16)21-11-8-19(22(27)25-12-13-29-2)15-26(21)23(28)17-6-9-20(24)10-7-17/h3-7,9-10,14,19,21H,8,11-13,15H2,1-2H3,(H,25,27)/t19-,21-/m0/s1. The van der Waals surface area contributed by atoms with Crippen LogP contribution in [0.15, 0.2) is 48.5 Å². The van der Waals surface area contributed by atoms with E-state index < -0.39 is 0 Å². The minimum Gasteiger partial charge on any atom is -0.383 e. The Morgan fingerprint density at radius 3 is 2.62 bits per heavy atom. The monoisotopic (exact) mass is 398 g/mol. The van der Waals surface area contributed by atoms with Crippen molar-refractivity contribution in [3.8, 4) is 0 Å². The lowest BCUT2D eigenvalue weighted by atomic mass is 9.87. The Balaban J connectivity index is 1.84. The molecule has 1 aliphatic rings. The Hall–Kier alpha value is -2.73. The first-order chi connectivity index (χ1) is 14.0. The van der Waals surface area contributed by atoms with Crippen LogP contribution in [0.1, 0.15) is 40.4 Å². The van der Waals surface area contributed by atoms with Crippen LogP contribution < -0.4 is 5.32 Å². The molecule has 1 aliphatic heterocycles. The molecule has 2 aromatic carbocycles. The fraction of sp³-hybridized carbons (Fsp3) is 0.391. The number of carbonyl (C=O) groups is 2. The van der Waals surface area contributed by atoms with Crippen molar-refractivity contribution in [1.82, 2.24) is 10.2 Å². The third-order valence-corrected chi connectivity index (χ3v) is 5.34. The third-order valence-electron chi connectivity index (χ3n) is 5.34. The van der Waals surface area contributed by atoms with Gasteiger partial charge in [-0.3, -0.25) is 9.59 Å². The van der Waals surface area contributed by atoms with Gasteiger partial charge in [-0.2, -0.15) is 0 Å². The van der Waals surface area contributed by atoms with Crippen LogP contribution in [0.25, 0.3) is 0 Å². The van der Waals surface area contributed by atoms with Crippen molar-refractivity contribution in [3.63, 3.8) is 0 Å². The van der Waals surface area contributed by atoms with E-state index in [2.05, 4.69) is 11.4 Å². The first kappa shape index (κ1) is 21.0. The van der Waals surface area contributed by atoms with Gasteiger partial charge in [0.05, 0.1) is 18.6 Å². The van der Waals surface area contributed by atoms with Crippen LogP contribution in [0.5, 0.6) is 0 Å². The van der Waals surface area contributed by atoms with E-state index in [0.717, 1.165) is 11.1 Å². The topological polar surface area (TPSA) is 58.6 Å². The zero-order chi connectivity index (χ0) is 20.8. The molecule has 5 nitrogen and oxygen atoms in total. The summed E-state index contributed by atoms with van der Waals surface area (Å²) in [6.45, 7) is 3.24. The average molecular weight is 398 g/mol. The number of hydrogen-bond donors (Lipinski definition) is 1. The van der Waals surface area contributed by atoms with Gasteiger partial charge in [0.15, 0.2) is 0 Å². The highest BCUT2D eigenvalue weighted by molar-refractivity contribution is 5.95. The van der Waals surface area contributed by atoms with Gasteiger partial charge in [-0.05, 0) is 49.6 Å². The largest absolute Gasteiger partial charge is 0.383 e. The molecule has 29 heavy (non-hydrogen) atoms. The molecular formula is C23H27FN2O3. The maximum Gasteiger partial charge on any atom is 0.254 e. The Labute approximate surface area is 170 Å². The van der Waals surface area contributed by atoms with Crippen molar-refractivity contribution in [2.75, 3.05) is 26.8 Å². The van der Waals surface area contributed by atoms with Crippen molar-refractivity contribution in [1.29, 1.82) is 0 Å². The molecule has 1 fully saturated rings. The summed E-state index contributed by atoms with van der Waals surface area (Å²) in [7, 11) is 1.59. The maximum absolute atomic E-state index is 13.3.